The monoisotopic (exact) mass is 257 g/mol. The first-order chi connectivity index (χ1) is 8.10. The molecule has 1 aromatic rings. The van der Waals surface area contributed by atoms with E-state index in [1.54, 1.807) is 19.3 Å². The molecule has 0 amide bonds. The predicted molar refractivity (Wildman–Crippen MR) is 66.2 cm³/mol. The molecule has 0 aliphatic carbocycles. The van der Waals surface area contributed by atoms with Crippen LogP contribution in [0.15, 0.2) is 23.4 Å². The fourth-order valence-electron chi connectivity index (χ4n) is 2.18. The van der Waals surface area contributed by atoms with Crippen LogP contribution in [0, 0.1) is 5.92 Å². The molecule has 0 bridgehead atoms. The normalized spacial score (nSPS) is 18.7. The summed E-state index contributed by atoms with van der Waals surface area (Å²) in [4.78, 5) is 3.12. The molecule has 0 aromatic carbocycles. The van der Waals surface area contributed by atoms with Crippen molar-refractivity contribution in [2.75, 3.05) is 26.7 Å². The summed E-state index contributed by atoms with van der Waals surface area (Å²) in [5, 5.41) is 3.28. The Bertz CT molecular complexity index is 435. The lowest BCUT2D eigenvalue weighted by atomic mass is 9.98. The van der Waals surface area contributed by atoms with Crippen molar-refractivity contribution in [3.63, 3.8) is 0 Å². The fraction of sp³-hybridized carbons (Fsp3) is 0.636. The summed E-state index contributed by atoms with van der Waals surface area (Å²) in [5.74, 6) is 0.468. The van der Waals surface area contributed by atoms with E-state index in [-0.39, 0.29) is 0 Å². The molecule has 17 heavy (non-hydrogen) atoms. The van der Waals surface area contributed by atoms with E-state index in [4.69, 9.17) is 0 Å². The predicted octanol–water partition coefficient (Wildman–Crippen LogP) is 0.635. The minimum Gasteiger partial charge on any atom is -0.366 e. The maximum Gasteiger partial charge on any atom is 0.244 e. The van der Waals surface area contributed by atoms with Crippen LogP contribution in [-0.2, 0) is 10.0 Å². The Morgan fingerprint density at radius 3 is 2.71 bits per heavy atom. The minimum absolute atomic E-state index is 0.342. The summed E-state index contributed by atoms with van der Waals surface area (Å²) >= 11 is 0. The van der Waals surface area contributed by atoms with Crippen molar-refractivity contribution in [1.29, 1.82) is 0 Å². The van der Waals surface area contributed by atoms with Crippen molar-refractivity contribution in [3.8, 4) is 0 Å². The Kier molecular flexibility index (Phi) is 3.86. The van der Waals surface area contributed by atoms with Gasteiger partial charge in [0, 0.05) is 26.0 Å². The van der Waals surface area contributed by atoms with E-state index in [0.717, 1.165) is 25.9 Å². The average Bonchev–Trinajstić information content (AvgIpc) is 2.84. The quantitative estimate of drug-likeness (QED) is 0.831. The van der Waals surface area contributed by atoms with Gasteiger partial charge in [0.1, 0.15) is 0 Å². The number of hydrogen-bond acceptors (Lipinski definition) is 3. The highest BCUT2D eigenvalue weighted by Crippen LogP contribution is 2.18. The number of piperidine rings is 1. The summed E-state index contributed by atoms with van der Waals surface area (Å²) in [5.41, 5.74) is 0. The van der Waals surface area contributed by atoms with Crippen LogP contribution in [0.25, 0.3) is 0 Å². The molecule has 2 N–H and O–H groups in total. The molecule has 2 rings (SSSR count). The number of nitrogens with one attached hydrogen (secondary N) is 2. The maximum absolute atomic E-state index is 12.2. The van der Waals surface area contributed by atoms with Crippen LogP contribution in [0.5, 0.6) is 0 Å². The van der Waals surface area contributed by atoms with Gasteiger partial charge in [-0.3, -0.25) is 0 Å². The molecule has 0 radical (unpaired) electrons. The third-order valence-corrected chi connectivity index (χ3v) is 5.07. The van der Waals surface area contributed by atoms with E-state index in [0.29, 0.717) is 17.4 Å². The van der Waals surface area contributed by atoms with Gasteiger partial charge in [-0.2, -0.15) is 0 Å². The largest absolute Gasteiger partial charge is 0.366 e. The van der Waals surface area contributed by atoms with E-state index < -0.39 is 10.0 Å². The fourth-order valence-corrected chi connectivity index (χ4v) is 3.40. The molecular weight excluding hydrogens is 238 g/mol. The van der Waals surface area contributed by atoms with Crippen molar-refractivity contribution in [3.05, 3.63) is 18.5 Å². The Morgan fingerprint density at radius 1 is 1.41 bits per heavy atom. The smallest absolute Gasteiger partial charge is 0.244 e. The zero-order valence-electron chi connectivity index (χ0n) is 10.0. The standard InChI is InChI=1S/C11H19N3O2S/c1-14(9-10-2-5-12-6-3-10)17(15,16)11-4-7-13-8-11/h4,7-8,10,12-13H,2-3,5-6,9H2,1H3. The number of nitrogens with zero attached hydrogens (tertiary/aromatic N) is 1. The molecule has 0 saturated carbocycles. The van der Waals surface area contributed by atoms with Crippen molar-refractivity contribution in [1.82, 2.24) is 14.6 Å². The third-order valence-electron chi connectivity index (χ3n) is 3.25. The molecule has 1 saturated heterocycles. The first-order valence-electron chi connectivity index (χ1n) is 5.90. The second kappa shape index (κ2) is 5.20. The van der Waals surface area contributed by atoms with Crippen LogP contribution < -0.4 is 5.32 Å². The van der Waals surface area contributed by atoms with Crippen LogP contribution in [0.2, 0.25) is 0 Å². The van der Waals surface area contributed by atoms with Crippen LogP contribution in [0.4, 0.5) is 0 Å². The van der Waals surface area contributed by atoms with Crippen molar-refractivity contribution < 1.29 is 8.42 Å². The highest BCUT2D eigenvalue weighted by Gasteiger charge is 2.24. The average molecular weight is 257 g/mol. The third kappa shape index (κ3) is 2.88. The molecule has 1 aliphatic rings. The van der Waals surface area contributed by atoms with Gasteiger partial charge in [-0.25, -0.2) is 12.7 Å². The molecule has 1 fully saturated rings. The van der Waals surface area contributed by atoms with Gasteiger partial charge in [0.25, 0.3) is 0 Å². The Morgan fingerprint density at radius 2 is 2.12 bits per heavy atom. The van der Waals surface area contributed by atoms with E-state index in [9.17, 15) is 8.42 Å². The Balaban J connectivity index is 2.01. The summed E-state index contributed by atoms with van der Waals surface area (Å²) in [6.45, 7) is 2.58. The van der Waals surface area contributed by atoms with Crippen LogP contribution in [-0.4, -0.2) is 44.4 Å². The molecule has 1 aromatic heterocycles. The summed E-state index contributed by atoms with van der Waals surface area (Å²) < 4.78 is 25.8. The second-order valence-corrected chi connectivity index (χ2v) is 6.57. The molecule has 2 heterocycles. The first kappa shape index (κ1) is 12.6. The van der Waals surface area contributed by atoms with Gasteiger partial charge in [0.2, 0.25) is 10.0 Å². The van der Waals surface area contributed by atoms with Gasteiger partial charge in [0.15, 0.2) is 0 Å². The number of H-pyrrole nitrogens is 1. The number of rotatable bonds is 4. The van der Waals surface area contributed by atoms with Gasteiger partial charge in [0.05, 0.1) is 4.90 Å². The van der Waals surface area contributed by atoms with Gasteiger partial charge in [-0.1, -0.05) is 0 Å². The molecule has 0 atom stereocenters. The lowest BCUT2D eigenvalue weighted by Crippen LogP contribution is -2.37. The molecule has 96 valence electrons. The highest BCUT2D eigenvalue weighted by atomic mass is 32.2. The van der Waals surface area contributed by atoms with E-state index in [2.05, 4.69) is 10.3 Å². The van der Waals surface area contributed by atoms with Crippen LogP contribution in [0.1, 0.15) is 12.8 Å². The SMILES string of the molecule is CN(CC1CCNCC1)S(=O)(=O)c1cc[nH]c1. The number of sulfonamides is 1. The van der Waals surface area contributed by atoms with Gasteiger partial charge in [-0.15, -0.1) is 0 Å². The molecule has 5 nitrogen and oxygen atoms in total. The van der Waals surface area contributed by atoms with E-state index in [1.807, 2.05) is 0 Å². The van der Waals surface area contributed by atoms with Crippen LogP contribution >= 0.6 is 0 Å². The molecule has 6 heteroatoms. The molecule has 0 spiro atoms. The van der Waals surface area contributed by atoms with Gasteiger partial charge >= 0.3 is 0 Å². The topological polar surface area (TPSA) is 65.2 Å². The van der Waals surface area contributed by atoms with Crippen molar-refractivity contribution in [2.24, 2.45) is 5.92 Å². The zero-order chi connectivity index (χ0) is 12.3. The summed E-state index contributed by atoms with van der Waals surface area (Å²) in [6.07, 6.45) is 5.25. The highest BCUT2D eigenvalue weighted by molar-refractivity contribution is 7.89. The van der Waals surface area contributed by atoms with E-state index >= 15 is 0 Å². The van der Waals surface area contributed by atoms with Crippen LogP contribution in [0.3, 0.4) is 0 Å². The lowest BCUT2D eigenvalue weighted by Gasteiger charge is -2.26. The van der Waals surface area contributed by atoms with Gasteiger partial charge < -0.3 is 10.3 Å². The van der Waals surface area contributed by atoms with E-state index in [1.165, 1.54) is 10.5 Å². The Labute approximate surface area is 102 Å². The minimum atomic E-state index is -3.31. The molecular formula is C11H19N3O2S. The van der Waals surface area contributed by atoms with Crippen molar-refractivity contribution >= 4 is 10.0 Å². The van der Waals surface area contributed by atoms with Gasteiger partial charge in [-0.05, 0) is 37.9 Å². The zero-order valence-corrected chi connectivity index (χ0v) is 10.8. The molecule has 0 unspecified atom stereocenters. The number of aromatic nitrogens is 1. The number of hydrogen-bond donors (Lipinski definition) is 2. The summed E-state index contributed by atoms with van der Waals surface area (Å²) in [7, 11) is -1.66. The molecule has 1 aliphatic heterocycles. The Hall–Kier alpha value is -0.850. The lowest BCUT2D eigenvalue weighted by molar-refractivity contribution is 0.311. The van der Waals surface area contributed by atoms with Crippen molar-refractivity contribution in [2.45, 2.75) is 17.7 Å². The number of aromatic amines is 1. The second-order valence-electron chi connectivity index (χ2n) is 4.53. The first-order valence-corrected chi connectivity index (χ1v) is 7.34. The maximum atomic E-state index is 12.2. The summed E-state index contributed by atoms with van der Waals surface area (Å²) in [6, 6.07) is 1.59.